The molecule has 5 nitrogen and oxygen atoms in total. The van der Waals surface area contributed by atoms with Crippen LogP contribution in [0.1, 0.15) is 53.4 Å². The second-order valence-corrected chi connectivity index (χ2v) is 9.05. The molecule has 2 aromatic carbocycles. The maximum Gasteiger partial charge on any atom is 0.251 e. The number of benzene rings is 2. The van der Waals surface area contributed by atoms with Gasteiger partial charge in [0.05, 0.1) is 10.9 Å². The van der Waals surface area contributed by atoms with E-state index in [1.807, 2.05) is 37.3 Å². The normalized spacial score (nSPS) is 12.8. The first-order valence-corrected chi connectivity index (χ1v) is 10.5. The molecule has 1 amide bonds. The number of carbonyl (C=O) groups excluding carboxylic acids is 1. The van der Waals surface area contributed by atoms with Gasteiger partial charge in [-0.3, -0.25) is 4.79 Å². The van der Waals surface area contributed by atoms with E-state index in [0.717, 1.165) is 17.5 Å². The Morgan fingerprint density at radius 3 is 2.26 bits per heavy atom. The molecule has 2 rings (SSSR count). The molecule has 0 aromatic heterocycles. The average molecular weight is 389 g/mol. The molecule has 0 bridgehead atoms. The van der Waals surface area contributed by atoms with E-state index in [1.54, 1.807) is 13.0 Å². The molecule has 6 heteroatoms. The minimum atomic E-state index is -3.64. The van der Waals surface area contributed by atoms with Crippen LogP contribution in [0, 0.1) is 19.8 Å². The lowest BCUT2D eigenvalue weighted by molar-refractivity contribution is 0.0931. The molecule has 0 radical (unpaired) electrons. The summed E-state index contributed by atoms with van der Waals surface area (Å²) in [6, 6.07) is 12.9. The molecule has 27 heavy (non-hydrogen) atoms. The molecule has 0 aliphatic carbocycles. The minimum absolute atomic E-state index is 0.135. The number of aryl methyl sites for hydroxylation is 1. The van der Waals surface area contributed by atoms with E-state index in [0.29, 0.717) is 17.0 Å². The van der Waals surface area contributed by atoms with Crippen molar-refractivity contribution in [3.63, 3.8) is 0 Å². The second-order valence-electron chi connectivity index (χ2n) is 7.19. The molecule has 0 spiro atoms. The first-order valence-electron chi connectivity index (χ1n) is 9.06. The summed E-state index contributed by atoms with van der Waals surface area (Å²) in [5.74, 6) is 0.121. The standard InChI is InChI=1S/C21H28N2O3S/c1-14(2)11-19(17-9-7-6-8-10-17)23-21(24)18-12-15(3)16(4)20(13-18)27(25,26)22-5/h6-10,12-14,19,22H,11H2,1-5H3,(H,23,24). The van der Waals surface area contributed by atoms with Crippen LogP contribution in [0.3, 0.4) is 0 Å². The fourth-order valence-corrected chi connectivity index (χ4v) is 4.09. The van der Waals surface area contributed by atoms with Crippen molar-refractivity contribution in [3.05, 3.63) is 64.7 Å². The number of carbonyl (C=O) groups is 1. The number of sulfonamides is 1. The summed E-state index contributed by atoms with van der Waals surface area (Å²) in [4.78, 5) is 13.0. The van der Waals surface area contributed by atoms with Crippen LogP contribution in [-0.4, -0.2) is 21.4 Å². The Labute approximate surface area is 162 Å². The van der Waals surface area contributed by atoms with Gasteiger partial charge >= 0.3 is 0 Å². The summed E-state index contributed by atoms with van der Waals surface area (Å²) >= 11 is 0. The van der Waals surface area contributed by atoms with Crippen molar-refractivity contribution in [3.8, 4) is 0 Å². The first kappa shape index (κ1) is 21.1. The van der Waals surface area contributed by atoms with Gasteiger partial charge in [-0.25, -0.2) is 13.1 Å². The molecular weight excluding hydrogens is 360 g/mol. The lowest BCUT2D eigenvalue weighted by Crippen LogP contribution is -2.30. The number of amides is 1. The molecule has 1 unspecified atom stereocenters. The van der Waals surface area contributed by atoms with Crippen molar-refractivity contribution in [2.75, 3.05) is 7.05 Å². The van der Waals surface area contributed by atoms with Crippen molar-refractivity contribution in [2.45, 2.75) is 45.1 Å². The van der Waals surface area contributed by atoms with E-state index in [2.05, 4.69) is 23.9 Å². The topological polar surface area (TPSA) is 75.3 Å². The molecule has 2 aromatic rings. The zero-order valence-electron chi connectivity index (χ0n) is 16.5. The number of rotatable bonds is 7. The molecule has 0 saturated carbocycles. The van der Waals surface area contributed by atoms with E-state index in [9.17, 15) is 13.2 Å². The van der Waals surface area contributed by atoms with Gasteiger partial charge in [-0.15, -0.1) is 0 Å². The van der Waals surface area contributed by atoms with Crippen LogP contribution >= 0.6 is 0 Å². The Morgan fingerprint density at radius 2 is 1.70 bits per heavy atom. The fourth-order valence-electron chi connectivity index (χ4n) is 3.02. The second kappa shape index (κ2) is 8.67. The Bertz CT molecular complexity index is 907. The van der Waals surface area contributed by atoms with Gasteiger partial charge in [0.15, 0.2) is 0 Å². The summed E-state index contributed by atoms with van der Waals surface area (Å²) in [5.41, 5.74) is 2.78. The number of hydrogen-bond acceptors (Lipinski definition) is 3. The van der Waals surface area contributed by atoms with Gasteiger partial charge in [0.1, 0.15) is 0 Å². The number of hydrogen-bond donors (Lipinski definition) is 2. The number of nitrogens with one attached hydrogen (secondary N) is 2. The van der Waals surface area contributed by atoms with Crippen LogP contribution in [0.15, 0.2) is 47.4 Å². The van der Waals surface area contributed by atoms with Crippen LogP contribution in [0.25, 0.3) is 0 Å². The Balaban J connectivity index is 2.38. The molecule has 0 aliphatic rings. The van der Waals surface area contributed by atoms with Crippen LogP contribution < -0.4 is 10.0 Å². The van der Waals surface area contributed by atoms with E-state index < -0.39 is 10.0 Å². The SMILES string of the molecule is CNS(=O)(=O)c1cc(C(=O)NC(CC(C)C)c2ccccc2)cc(C)c1C. The van der Waals surface area contributed by atoms with Gasteiger partial charge in [0.25, 0.3) is 5.91 Å². The van der Waals surface area contributed by atoms with Gasteiger partial charge in [-0.2, -0.15) is 0 Å². The minimum Gasteiger partial charge on any atom is -0.345 e. The molecule has 0 aliphatic heterocycles. The highest BCUT2D eigenvalue weighted by Crippen LogP contribution is 2.24. The first-order chi connectivity index (χ1) is 12.7. The van der Waals surface area contributed by atoms with Gasteiger partial charge < -0.3 is 5.32 Å². The summed E-state index contributed by atoms with van der Waals surface area (Å²) in [5, 5.41) is 3.07. The fraction of sp³-hybridized carbons (Fsp3) is 0.381. The van der Waals surface area contributed by atoms with Crippen molar-refractivity contribution >= 4 is 15.9 Å². The third-order valence-corrected chi connectivity index (χ3v) is 6.20. The predicted molar refractivity (Wildman–Crippen MR) is 108 cm³/mol. The highest BCUT2D eigenvalue weighted by molar-refractivity contribution is 7.89. The Morgan fingerprint density at radius 1 is 1.07 bits per heavy atom. The largest absolute Gasteiger partial charge is 0.345 e. The smallest absolute Gasteiger partial charge is 0.251 e. The molecule has 1 atom stereocenters. The predicted octanol–water partition coefficient (Wildman–Crippen LogP) is 3.73. The molecule has 2 N–H and O–H groups in total. The van der Waals surface area contributed by atoms with Gasteiger partial charge in [-0.05, 0) is 62.1 Å². The molecule has 146 valence electrons. The lowest BCUT2D eigenvalue weighted by Gasteiger charge is -2.22. The van der Waals surface area contributed by atoms with E-state index >= 15 is 0 Å². The molecular formula is C21H28N2O3S. The van der Waals surface area contributed by atoms with Gasteiger partial charge in [0.2, 0.25) is 10.0 Å². The van der Waals surface area contributed by atoms with Crippen molar-refractivity contribution in [1.82, 2.24) is 10.0 Å². The van der Waals surface area contributed by atoms with Crippen LogP contribution in [0.5, 0.6) is 0 Å². The maximum atomic E-state index is 12.9. The summed E-state index contributed by atoms with van der Waals surface area (Å²) in [6.07, 6.45) is 0.794. The summed E-state index contributed by atoms with van der Waals surface area (Å²) < 4.78 is 26.9. The van der Waals surface area contributed by atoms with Crippen molar-refractivity contribution < 1.29 is 13.2 Å². The van der Waals surface area contributed by atoms with E-state index in [4.69, 9.17) is 0 Å². The molecule has 0 fully saturated rings. The Hall–Kier alpha value is -2.18. The summed E-state index contributed by atoms with van der Waals surface area (Å²) in [7, 11) is -2.27. The highest BCUT2D eigenvalue weighted by atomic mass is 32.2. The zero-order chi connectivity index (χ0) is 20.2. The van der Waals surface area contributed by atoms with Crippen LogP contribution in [-0.2, 0) is 10.0 Å². The van der Waals surface area contributed by atoms with Gasteiger partial charge in [0, 0.05) is 5.56 Å². The monoisotopic (exact) mass is 388 g/mol. The van der Waals surface area contributed by atoms with E-state index in [1.165, 1.54) is 13.1 Å². The maximum absolute atomic E-state index is 12.9. The third kappa shape index (κ3) is 5.17. The van der Waals surface area contributed by atoms with Crippen molar-refractivity contribution in [2.24, 2.45) is 5.92 Å². The van der Waals surface area contributed by atoms with Gasteiger partial charge in [-0.1, -0.05) is 44.2 Å². The van der Waals surface area contributed by atoms with Crippen LogP contribution in [0.4, 0.5) is 0 Å². The Kier molecular flexibility index (Phi) is 6.78. The van der Waals surface area contributed by atoms with Crippen molar-refractivity contribution in [1.29, 1.82) is 0 Å². The lowest BCUT2D eigenvalue weighted by atomic mass is 9.96. The van der Waals surface area contributed by atoms with E-state index in [-0.39, 0.29) is 16.8 Å². The third-order valence-electron chi connectivity index (χ3n) is 4.65. The summed E-state index contributed by atoms with van der Waals surface area (Å²) in [6.45, 7) is 7.77. The molecule has 0 heterocycles. The highest BCUT2D eigenvalue weighted by Gasteiger charge is 2.21. The quantitative estimate of drug-likeness (QED) is 0.759. The van der Waals surface area contributed by atoms with Crippen LogP contribution in [0.2, 0.25) is 0 Å². The molecule has 0 saturated heterocycles. The average Bonchev–Trinajstić information content (AvgIpc) is 2.63. The zero-order valence-corrected chi connectivity index (χ0v) is 17.4.